The second-order valence-corrected chi connectivity index (χ2v) is 34.2. The van der Waals surface area contributed by atoms with Crippen LogP contribution >= 0.6 is 11.8 Å². The fourth-order valence-corrected chi connectivity index (χ4v) is 29.1. The molecule has 41 heavy (non-hydrogen) atoms. The molecule has 0 rings (SSSR count). The molecule has 0 saturated heterocycles. The van der Waals surface area contributed by atoms with Crippen LogP contribution in [0.15, 0.2) is 12.7 Å². The van der Waals surface area contributed by atoms with Crippen LogP contribution in [0.4, 0.5) is 0 Å². The molecule has 2 amide bonds. The van der Waals surface area contributed by atoms with Gasteiger partial charge in [-0.1, -0.05) is 6.58 Å². The van der Waals surface area contributed by atoms with Crippen LogP contribution in [-0.4, -0.2) is 102 Å². The van der Waals surface area contributed by atoms with Crippen molar-refractivity contribution < 1.29 is 36.3 Å². The molecule has 0 fully saturated rings. The Balaban J connectivity index is 5.48. The van der Waals surface area contributed by atoms with Crippen molar-refractivity contribution in [3.05, 3.63) is 12.7 Å². The molecular formula is C25H58N2O8SSi5. The third kappa shape index (κ3) is 22.1. The van der Waals surface area contributed by atoms with E-state index in [2.05, 4.69) is 82.7 Å². The van der Waals surface area contributed by atoms with Gasteiger partial charge in [-0.2, -0.15) is 11.8 Å². The Hall–Kier alpha value is -0.126. The van der Waals surface area contributed by atoms with Crippen LogP contribution in [0.5, 0.6) is 0 Å². The predicted molar refractivity (Wildman–Crippen MR) is 182 cm³/mol. The Morgan fingerprint density at radius 1 is 0.829 bits per heavy atom. The maximum atomic E-state index is 12.3. The fraction of sp³-hybridized carbons (Fsp3) is 0.840. The third-order valence-corrected chi connectivity index (χ3v) is 24.8. The predicted octanol–water partition coefficient (Wildman–Crippen LogP) is 4.24. The van der Waals surface area contributed by atoms with Gasteiger partial charge in [-0.3, -0.25) is 9.59 Å². The number of aliphatic hydroxyl groups excluding tert-OH is 2. The van der Waals surface area contributed by atoms with Gasteiger partial charge in [0.05, 0.1) is 12.7 Å². The molecule has 0 saturated carbocycles. The van der Waals surface area contributed by atoms with Crippen LogP contribution < -0.4 is 10.6 Å². The van der Waals surface area contributed by atoms with Crippen molar-refractivity contribution in [2.45, 2.75) is 103 Å². The summed E-state index contributed by atoms with van der Waals surface area (Å²) in [5.74, 6) is 0.765. The van der Waals surface area contributed by atoms with Gasteiger partial charge in [0.25, 0.3) is 0 Å². The van der Waals surface area contributed by atoms with E-state index in [1.54, 1.807) is 0 Å². The highest BCUT2D eigenvalue weighted by Crippen LogP contribution is 2.31. The fourth-order valence-electron chi connectivity index (χ4n) is 4.48. The highest BCUT2D eigenvalue weighted by atomic mass is 32.2. The Morgan fingerprint density at radius 3 is 1.83 bits per heavy atom. The van der Waals surface area contributed by atoms with Gasteiger partial charge >= 0.3 is 25.7 Å². The Kier molecular flexibility index (Phi) is 18.6. The first kappa shape index (κ1) is 40.9. The summed E-state index contributed by atoms with van der Waals surface area (Å²) in [5, 5.41) is 24.1. The summed E-state index contributed by atoms with van der Waals surface area (Å²) in [4.78, 5) is 24.0. The molecular weight excluding hydrogens is 629 g/mol. The average molecular weight is 687 g/mol. The van der Waals surface area contributed by atoms with E-state index in [1.807, 2.05) is 0 Å². The number of thioether (sulfide) groups is 1. The SMILES string of the molecule is C=CC(=O)NCCC[Si](C)(O[Si](C)(C)O[Si](C)(C)C)O[Si](C)(CCCNC(=O)CCSCC(O)CO)O[Si](C)(C)C. The first-order chi connectivity index (χ1) is 18.6. The van der Waals surface area contributed by atoms with E-state index >= 15 is 0 Å². The van der Waals surface area contributed by atoms with Crippen molar-refractivity contribution in [3.63, 3.8) is 0 Å². The number of amides is 2. The zero-order chi connectivity index (χ0) is 32.0. The summed E-state index contributed by atoms with van der Waals surface area (Å²) >= 11 is 1.45. The summed E-state index contributed by atoms with van der Waals surface area (Å²) < 4.78 is 27.2. The number of nitrogens with one attached hydrogen (secondary N) is 2. The second-order valence-electron chi connectivity index (χ2n) is 13.0. The normalized spacial score (nSPS) is 16.4. The molecule has 0 aromatic carbocycles. The first-order valence-electron chi connectivity index (χ1n) is 14.5. The number of hydrogen-bond acceptors (Lipinski definition) is 9. The zero-order valence-corrected chi connectivity index (χ0v) is 33.0. The summed E-state index contributed by atoms with van der Waals surface area (Å²) in [6.45, 7) is 25.6. The van der Waals surface area contributed by atoms with Crippen LogP contribution in [0.2, 0.25) is 77.6 Å². The maximum Gasteiger partial charge on any atom is 0.317 e. The molecule has 3 atom stereocenters. The van der Waals surface area contributed by atoms with Gasteiger partial charge in [-0.15, -0.1) is 0 Å². The highest BCUT2D eigenvalue weighted by molar-refractivity contribution is 7.99. The molecule has 0 heterocycles. The number of carbonyl (C=O) groups is 2. The highest BCUT2D eigenvalue weighted by Gasteiger charge is 2.48. The Morgan fingerprint density at radius 2 is 1.34 bits per heavy atom. The lowest BCUT2D eigenvalue weighted by atomic mass is 10.4. The van der Waals surface area contributed by atoms with Gasteiger partial charge in [0, 0.05) is 31.0 Å². The summed E-state index contributed by atoms with van der Waals surface area (Å²) in [6, 6.07) is 1.40. The first-order valence-corrected chi connectivity index (χ1v) is 30.3. The monoisotopic (exact) mass is 686 g/mol. The van der Waals surface area contributed by atoms with E-state index in [9.17, 15) is 14.7 Å². The average Bonchev–Trinajstić information content (AvgIpc) is 2.78. The largest absolute Gasteiger partial charge is 0.437 e. The van der Waals surface area contributed by atoms with E-state index in [0.29, 0.717) is 49.5 Å². The number of aliphatic hydroxyl groups is 2. The number of hydrogen-bond donors (Lipinski definition) is 4. The Labute approximate surface area is 258 Å². The van der Waals surface area contributed by atoms with E-state index in [4.69, 9.17) is 21.6 Å². The minimum absolute atomic E-state index is 0.0354. The van der Waals surface area contributed by atoms with E-state index in [0.717, 1.165) is 6.42 Å². The molecule has 3 unspecified atom stereocenters. The van der Waals surface area contributed by atoms with E-state index < -0.39 is 48.4 Å². The second kappa shape index (κ2) is 18.6. The number of rotatable bonds is 23. The summed E-state index contributed by atoms with van der Waals surface area (Å²) in [5.41, 5.74) is 0. The van der Waals surface area contributed by atoms with Crippen molar-refractivity contribution in [1.82, 2.24) is 10.6 Å². The van der Waals surface area contributed by atoms with Crippen LogP contribution in [-0.2, 0) is 26.0 Å². The molecule has 0 aliphatic rings. The van der Waals surface area contributed by atoms with Crippen molar-refractivity contribution in [2.75, 3.05) is 31.2 Å². The van der Waals surface area contributed by atoms with Crippen molar-refractivity contribution in [1.29, 1.82) is 0 Å². The van der Waals surface area contributed by atoms with Crippen molar-refractivity contribution >= 4 is 65.9 Å². The zero-order valence-electron chi connectivity index (χ0n) is 27.2. The molecule has 0 aliphatic carbocycles. The van der Waals surface area contributed by atoms with Gasteiger partial charge in [-0.25, -0.2) is 0 Å². The molecule has 4 N–H and O–H groups in total. The van der Waals surface area contributed by atoms with Crippen molar-refractivity contribution in [3.8, 4) is 0 Å². The van der Waals surface area contributed by atoms with E-state index in [1.165, 1.54) is 17.8 Å². The molecule has 0 aliphatic heterocycles. The topological polar surface area (TPSA) is 136 Å². The molecule has 0 radical (unpaired) electrons. The van der Waals surface area contributed by atoms with Gasteiger partial charge in [-0.05, 0) is 96.5 Å². The van der Waals surface area contributed by atoms with Crippen molar-refractivity contribution in [2.24, 2.45) is 0 Å². The molecule has 0 aromatic heterocycles. The maximum absolute atomic E-state index is 12.3. The third-order valence-electron chi connectivity index (χ3n) is 5.38. The van der Waals surface area contributed by atoms with Crippen LogP contribution in [0.25, 0.3) is 0 Å². The van der Waals surface area contributed by atoms with Gasteiger partial charge in [0.2, 0.25) is 11.8 Å². The lowest BCUT2D eigenvalue weighted by molar-refractivity contribution is -0.120. The smallest absolute Gasteiger partial charge is 0.317 e. The molecule has 0 aromatic rings. The van der Waals surface area contributed by atoms with E-state index in [-0.39, 0.29) is 18.4 Å². The lowest BCUT2D eigenvalue weighted by Crippen LogP contribution is -2.60. The summed E-state index contributed by atoms with van der Waals surface area (Å²) in [6.07, 6.45) is 2.31. The molecule has 242 valence electrons. The summed E-state index contributed by atoms with van der Waals surface area (Å²) in [7, 11) is -11.9. The van der Waals surface area contributed by atoms with Gasteiger partial charge in [0.15, 0.2) is 16.6 Å². The minimum Gasteiger partial charge on any atom is -0.437 e. The number of carbonyl (C=O) groups excluding carboxylic acids is 2. The standard InChI is InChI=1S/C25H58N2O8SSi5/c1-12-24(30)26-16-13-20-41(11,34-39(8,9)32-37(2,3)4)35-40(10,33-38(5,6)7)19-14-17-27-25(31)15-18-36-22-23(29)21-28/h12,23,28-29H,1,13-22H2,2-11H3,(H,26,30)(H,27,31). The quantitative estimate of drug-likeness (QED) is 0.0707. The Bertz CT molecular complexity index is 816. The molecule has 0 spiro atoms. The van der Waals surface area contributed by atoms with Crippen LogP contribution in [0.1, 0.15) is 19.3 Å². The van der Waals surface area contributed by atoms with Crippen LogP contribution in [0.3, 0.4) is 0 Å². The molecule has 0 bridgehead atoms. The van der Waals surface area contributed by atoms with Crippen LogP contribution in [0, 0.1) is 0 Å². The van der Waals surface area contributed by atoms with Gasteiger partial charge < -0.3 is 37.3 Å². The molecule has 10 nitrogen and oxygen atoms in total. The minimum atomic E-state index is -2.81. The molecule has 16 heteroatoms. The van der Waals surface area contributed by atoms with Gasteiger partial charge in [0.1, 0.15) is 0 Å². The lowest BCUT2D eigenvalue weighted by Gasteiger charge is -2.44.